The maximum absolute atomic E-state index is 12.7. The van der Waals surface area contributed by atoms with Crippen LogP contribution in [-0.2, 0) is 0 Å². The number of rotatable bonds is 4. The van der Waals surface area contributed by atoms with Crippen LogP contribution in [0.3, 0.4) is 0 Å². The normalized spacial score (nSPS) is 22.6. The van der Waals surface area contributed by atoms with E-state index in [4.69, 9.17) is 4.74 Å². The number of benzene rings is 1. The van der Waals surface area contributed by atoms with Crippen molar-refractivity contribution in [1.82, 2.24) is 10.2 Å². The summed E-state index contributed by atoms with van der Waals surface area (Å²) in [6.07, 6.45) is 2.02. The molecule has 1 N–H and O–H groups in total. The number of ether oxygens (including phenoxy) is 1. The summed E-state index contributed by atoms with van der Waals surface area (Å²) < 4.78 is 5.14. The third kappa shape index (κ3) is 3.12. The molecule has 1 aromatic carbocycles. The van der Waals surface area contributed by atoms with Crippen molar-refractivity contribution in [1.29, 1.82) is 0 Å². The van der Waals surface area contributed by atoms with Gasteiger partial charge in [0, 0.05) is 30.7 Å². The molecular formula is C16H24N2O2. The van der Waals surface area contributed by atoms with Gasteiger partial charge < -0.3 is 15.0 Å². The Morgan fingerprint density at radius 3 is 2.55 bits per heavy atom. The molecule has 2 rings (SSSR count). The molecule has 0 spiro atoms. The van der Waals surface area contributed by atoms with Crippen molar-refractivity contribution in [2.24, 2.45) is 0 Å². The van der Waals surface area contributed by atoms with Crippen LogP contribution in [0.4, 0.5) is 0 Å². The number of carbonyl (C=O) groups is 1. The average Bonchev–Trinajstić information content (AvgIpc) is 2.53. The summed E-state index contributed by atoms with van der Waals surface area (Å²) in [6.45, 7) is 5.96. The first-order valence-corrected chi connectivity index (χ1v) is 7.38. The Morgan fingerprint density at radius 2 is 2.00 bits per heavy atom. The molecule has 1 aliphatic rings. The Kier molecular flexibility index (Phi) is 5.01. The van der Waals surface area contributed by atoms with Crippen molar-refractivity contribution in [2.75, 3.05) is 20.2 Å². The second-order valence-electron chi connectivity index (χ2n) is 5.26. The lowest BCUT2D eigenvalue weighted by molar-refractivity contribution is 0.0576. The summed E-state index contributed by atoms with van der Waals surface area (Å²) in [7, 11) is 1.63. The molecule has 2 atom stereocenters. The fourth-order valence-electron chi connectivity index (χ4n) is 2.65. The minimum atomic E-state index is 0.124. The van der Waals surface area contributed by atoms with Crippen LogP contribution in [-0.4, -0.2) is 43.1 Å². The highest BCUT2D eigenvalue weighted by atomic mass is 16.5. The topological polar surface area (TPSA) is 41.6 Å². The van der Waals surface area contributed by atoms with Gasteiger partial charge in [0.05, 0.1) is 7.11 Å². The molecule has 1 saturated heterocycles. The fourth-order valence-corrected chi connectivity index (χ4v) is 2.65. The van der Waals surface area contributed by atoms with Gasteiger partial charge in [0.15, 0.2) is 0 Å². The van der Waals surface area contributed by atoms with Gasteiger partial charge in [0.1, 0.15) is 5.75 Å². The first-order chi connectivity index (χ1) is 9.69. The highest BCUT2D eigenvalue weighted by Crippen LogP contribution is 2.18. The number of hydrogen-bond acceptors (Lipinski definition) is 3. The lowest BCUT2D eigenvalue weighted by atomic mass is 10.0. The van der Waals surface area contributed by atoms with Crippen molar-refractivity contribution in [2.45, 2.75) is 38.8 Å². The molecule has 4 heteroatoms. The van der Waals surface area contributed by atoms with E-state index in [2.05, 4.69) is 19.2 Å². The third-order valence-corrected chi connectivity index (χ3v) is 4.06. The molecular weight excluding hydrogens is 252 g/mol. The van der Waals surface area contributed by atoms with Crippen LogP contribution < -0.4 is 10.1 Å². The van der Waals surface area contributed by atoms with Gasteiger partial charge in [-0.05, 0) is 37.1 Å². The van der Waals surface area contributed by atoms with Crippen LogP contribution in [0.2, 0.25) is 0 Å². The van der Waals surface area contributed by atoms with Crippen LogP contribution >= 0.6 is 0 Å². The molecule has 0 radical (unpaired) electrons. The maximum atomic E-state index is 12.7. The summed E-state index contributed by atoms with van der Waals surface area (Å²) in [5.41, 5.74) is 0.737. The largest absolute Gasteiger partial charge is 0.497 e. The van der Waals surface area contributed by atoms with E-state index >= 15 is 0 Å². The lowest BCUT2D eigenvalue weighted by Crippen LogP contribution is -2.57. The summed E-state index contributed by atoms with van der Waals surface area (Å²) in [5.74, 6) is 0.903. The van der Waals surface area contributed by atoms with Gasteiger partial charge in [0.25, 0.3) is 5.91 Å². The summed E-state index contributed by atoms with van der Waals surface area (Å²) in [6, 6.07) is 8.06. The second kappa shape index (κ2) is 6.75. The zero-order valence-electron chi connectivity index (χ0n) is 12.6. The first kappa shape index (κ1) is 14.9. The molecule has 0 saturated carbocycles. The second-order valence-corrected chi connectivity index (χ2v) is 5.26. The van der Waals surface area contributed by atoms with E-state index in [0.29, 0.717) is 6.04 Å². The van der Waals surface area contributed by atoms with E-state index in [-0.39, 0.29) is 11.9 Å². The van der Waals surface area contributed by atoms with E-state index in [0.717, 1.165) is 37.2 Å². The van der Waals surface area contributed by atoms with Crippen LogP contribution in [0.5, 0.6) is 5.75 Å². The monoisotopic (exact) mass is 276 g/mol. The molecule has 0 bridgehead atoms. The average molecular weight is 276 g/mol. The lowest BCUT2D eigenvalue weighted by Gasteiger charge is -2.40. The van der Waals surface area contributed by atoms with Crippen molar-refractivity contribution < 1.29 is 9.53 Å². The standard InChI is InChI=1S/C16H24N2O2/c1-4-13-11-18(14(5-2)10-17-13)16(19)12-6-8-15(20-3)9-7-12/h6-9,13-14,17H,4-5,10-11H2,1-3H3. The molecule has 1 heterocycles. The van der Waals surface area contributed by atoms with Crippen LogP contribution in [0.15, 0.2) is 24.3 Å². The summed E-state index contributed by atoms with van der Waals surface area (Å²) in [5, 5.41) is 3.51. The Balaban J connectivity index is 2.15. The van der Waals surface area contributed by atoms with E-state index in [9.17, 15) is 4.79 Å². The van der Waals surface area contributed by atoms with Gasteiger partial charge in [-0.2, -0.15) is 0 Å². The number of hydrogen-bond donors (Lipinski definition) is 1. The van der Waals surface area contributed by atoms with Gasteiger partial charge >= 0.3 is 0 Å². The number of nitrogens with zero attached hydrogens (tertiary/aromatic N) is 1. The van der Waals surface area contributed by atoms with Crippen LogP contribution in [0.1, 0.15) is 37.0 Å². The quantitative estimate of drug-likeness (QED) is 0.917. The molecule has 1 fully saturated rings. The SMILES string of the molecule is CCC1CN(C(=O)c2ccc(OC)cc2)C(CC)CN1. The molecule has 4 nitrogen and oxygen atoms in total. The number of methoxy groups -OCH3 is 1. The van der Waals surface area contributed by atoms with Gasteiger partial charge in [-0.1, -0.05) is 13.8 Å². The van der Waals surface area contributed by atoms with E-state index in [1.165, 1.54) is 0 Å². The van der Waals surface area contributed by atoms with Crippen molar-refractivity contribution >= 4 is 5.91 Å². The Bertz CT molecular complexity index is 444. The minimum Gasteiger partial charge on any atom is -0.497 e. The molecule has 1 aliphatic heterocycles. The summed E-state index contributed by atoms with van der Waals surface area (Å²) in [4.78, 5) is 14.7. The Labute approximate surface area is 121 Å². The minimum absolute atomic E-state index is 0.124. The zero-order chi connectivity index (χ0) is 14.5. The van der Waals surface area contributed by atoms with Crippen LogP contribution in [0.25, 0.3) is 0 Å². The Morgan fingerprint density at radius 1 is 1.30 bits per heavy atom. The van der Waals surface area contributed by atoms with E-state index in [1.807, 2.05) is 29.2 Å². The smallest absolute Gasteiger partial charge is 0.254 e. The molecule has 20 heavy (non-hydrogen) atoms. The highest BCUT2D eigenvalue weighted by Gasteiger charge is 2.29. The number of piperazine rings is 1. The van der Waals surface area contributed by atoms with Crippen molar-refractivity contribution in [3.05, 3.63) is 29.8 Å². The summed E-state index contributed by atoms with van der Waals surface area (Å²) >= 11 is 0. The molecule has 0 aromatic heterocycles. The molecule has 1 aromatic rings. The number of carbonyl (C=O) groups excluding carboxylic acids is 1. The fraction of sp³-hybridized carbons (Fsp3) is 0.562. The molecule has 110 valence electrons. The first-order valence-electron chi connectivity index (χ1n) is 7.38. The highest BCUT2D eigenvalue weighted by molar-refractivity contribution is 5.94. The van der Waals surface area contributed by atoms with Crippen LogP contribution in [0, 0.1) is 0 Å². The zero-order valence-corrected chi connectivity index (χ0v) is 12.6. The number of amides is 1. The molecule has 0 aliphatic carbocycles. The predicted octanol–water partition coefficient (Wildman–Crippen LogP) is 2.30. The van der Waals surface area contributed by atoms with E-state index < -0.39 is 0 Å². The van der Waals surface area contributed by atoms with Gasteiger partial charge in [-0.25, -0.2) is 0 Å². The molecule has 1 amide bonds. The third-order valence-electron chi connectivity index (χ3n) is 4.06. The van der Waals surface area contributed by atoms with Crippen molar-refractivity contribution in [3.8, 4) is 5.75 Å². The van der Waals surface area contributed by atoms with E-state index in [1.54, 1.807) is 7.11 Å². The molecule has 2 unspecified atom stereocenters. The van der Waals surface area contributed by atoms with Crippen molar-refractivity contribution in [3.63, 3.8) is 0 Å². The Hall–Kier alpha value is -1.55. The number of nitrogens with one attached hydrogen (secondary N) is 1. The van der Waals surface area contributed by atoms with Gasteiger partial charge in [0.2, 0.25) is 0 Å². The van der Waals surface area contributed by atoms with Gasteiger partial charge in [-0.3, -0.25) is 4.79 Å². The predicted molar refractivity (Wildman–Crippen MR) is 80.2 cm³/mol. The maximum Gasteiger partial charge on any atom is 0.254 e. The van der Waals surface area contributed by atoms with Gasteiger partial charge in [-0.15, -0.1) is 0 Å².